The summed E-state index contributed by atoms with van der Waals surface area (Å²) in [5, 5.41) is 18.5. The van der Waals surface area contributed by atoms with Gasteiger partial charge in [0.15, 0.2) is 0 Å². The fraction of sp³-hybridized carbons (Fsp3) is 0.583. The zero-order chi connectivity index (χ0) is 12.1. The maximum Gasteiger partial charge on any atom is 0.244 e. The number of hydrogen-bond donors (Lipinski definition) is 2. The summed E-state index contributed by atoms with van der Waals surface area (Å²) >= 11 is 0. The lowest BCUT2D eigenvalue weighted by atomic mass is 9.81. The van der Waals surface area contributed by atoms with Crippen LogP contribution in [0, 0.1) is 16.7 Å². The quantitative estimate of drug-likeness (QED) is 0.767. The molecule has 1 aliphatic rings. The van der Waals surface area contributed by atoms with Crippen molar-refractivity contribution in [1.82, 2.24) is 10.2 Å². The molecule has 0 atom stereocenters. The van der Waals surface area contributed by atoms with Gasteiger partial charge < -0.3 is 5.32 Å². The van der Waals surface area contributed by atoms with Crippen LogP contribution in [0.25, 0.3) is 0 Å². The summed E-state index contributed by atoms with van der Waals surface area (Å²) in [4.78, 5) is 12.2. The highest BCUT2D eigenvalue weighted by atomic mass is 16.2. The number of anilines is 1. The highest BCUT2D eigenvalue weighted by molar-refractivity contribution is 5.97. The smallest absolute Gasteiger partial charge is 0.244 e. The minimum Gasteiger partial charge on any atom is -0.322 e. The van der Waals surface area contributed by atoms with Crippen LogP contribution in [0.5, 0.6) is 0 Å². The summed E-state index contributed by atoms with van der Waals surface area (Å²) in [5.74, 6) is -0.191. The van der Waals surface area contributed by atoms with Crippen molar-refractivity contribution in [3.63, 3.8) is 0 Å². The van der Waals surface area contributed by atoms with E-state index in [0.29, 0.717) is 18.5 Å². The van der Waals surface area contributed by atoms with Gasteiger partial charge >= 0.3 is 0 Å². The number of amides is 1. The Balaban J connectivity index is 2.11. The van der Waals surface area contributed by atoms with E-state index in [9.17, 15) is 10.1 Å². The first-order chi connectivity index (χ1) is 8.27. The topological polar surface area (TPSA) is 81.6 Å². The number of nitrogens with zero attached hydrogens (tertiary/aromatic N) is 2. The predicted molar refractivity (Wildman–Crippen MR) is 63.0 cm³/mol. The van der Waals surface area contributed by atoms with E-state index in [-0.39, 0.29) is 5.91 Å². The number of rotatable bonds is 2. The molecule has 1 amide bonds. The van der Waals surface area contributed by atoms with Gasteiger partial charge in [0.25, 0.3) is 0 Å². The molecule has 1 aliphatic carbocycles. The second kappa shape index (κ2) is 5.00. The van der Waals surface area contributed by atoms with Gasteiger partial charge in [-0.05, 0) is 12.8 Å². The molecule has 0 aromatic carbocycles. The molecule has 90 valence electrons. The molecule has 5 nitrogen and oxygen atoms in total. The summed E-state index contributed by atoms with van der Waals surface area (Å²) in [6.07, 6.45) is 8.60. The third-order valence-electron chi connectivity index (χ3n) is 3.36. The molecule has 2 N–H and O–H groups in total. The number of aromatic amines is 1. The average molecular weight is 232 g/mol. The fourth-order valence-electron chi connectivity index (χ4n) is 2.29. The molecular weight excluding hydrogens is 216 g/mol. The van der Waals surface area contributed by atoms with Gasteiger partial charge in [-0.1, -0.05) is 25.7 Å². The number of nitriles is 1. The Morgan fingerprint density at radius 1 is 1.41 bits per heavy atom. The van der Waals surface area contributed by atoms with E-state index in [1.165, 1.54) is 0 Å². The van der Waals surface area contributed by atoms with Crippen molar-refractivity contribution < 1.29 is 4.79 Å². The molecule has 1 aromatic heterocycles. The number of H-pyrrole nitrogens is 1. The largest absolute Gasteiger partial charge is 0.322 e. The molecule has 0 spiro atoms. The number of aromatic nitrogens is 2. The highest BCUT2D eigenvalue weighted by Gasteiger charge is 2.38. The molecule has 0 aliphatic heterocycles. The Morgan fingerprint density at radius 3 is 2.65 bits per heavy atom. The second-order valence-corrected chi connectivity index (χ2v) is 4.55. The fourth-order valence-corrected chi connectivity index (χ4v) is 2.29. The molecule has 1 fully saturated rings. The number of carbonyl (C=O) groups is 1. The summed E-state index contributed by atoms with van der Waals surface area (Å²) < 4.78 is 0. The average Bonchev–Trinajstić information content (AvgIpc) is 2.72. The van der Waals surface area contributed by atoms with Gasteiger partial charge in [0.2, 0.25) is 5.91 Å². The molecule has 1 saturated carbocycles. The first-order valence-corrected chi connectivity index (χ1v) is 5.98. The van der Waals surface area contributed by atoms with E-state index < -0.39 is 5.41 Å². The van der Waals surface area contributed by atoms with E-state index >= 15 is 0 Å². The Kier molecular flexibility index (Phi) is 3.43. The first-order valence-electron chi connectivity index (χ1n) is 5.98. The van der Waals surface area contributed by atoms with Gasteiger partial charge in [0.05, 0.1) is 18.0 Å². The normalized spacial score (nSPS) is 19.0. The van der Waals surface area contributed by atoms with Crippen LogP contribution in [0.15, 0.2) is 12.4 Å². The lowest BCUT2D eigenvalue weighted by molar-refractivity contribution is -0.123. The Hall–Kier alpha value is -1.83. The number of hydrogen-bond acceptors (Lipinski definition) is 3. The van der Waals surface area contributed by atoms with Crippen molar-refractivity contribution >= 4 is 11.6 Å². The summed E-state index contributed by atoms with van der Waals surface area (Å²) in [5.41, 5.74) is -0.234. The number of carbonyl (C=O) groups excluding carboxylic acids is 1. The van der Waals surface area contributed by atoms with Crippen LogP contribution >= 0.6 is 0 Å². The molecule has 2 rings (SSSR count). The summed E-state index contributed by atoms with van der Waals surface area (Å²) in [6, 6.07) is 2.23. The first kappa shape index (κ1) is 11.6. The maximum atomic E-state index is 12.2. The van der Waals surface area contributed by atoms with E-state index in [1.807, 2.05) is 0 Å². The third-order valence-corrected chi connectivity index (χ3v) is 3.36. The Bertz CT molecular complexity index is 410. The zero-order valence-electron chi connectivity index (χ0n) is 9.70. The van der Waals surface area contributed by atoms with Gasteiger partial charge in [-0.2, -0.15) is 10.4 Å². The monoisotopic (exact) mass is 232 g/mol. The van der Waals surface area contributed by atoms with Crippen molar-refractivity contribution in [2.45, 2.75) is 38.5 Å². The van der Waals surface area contributed by atoms with Crippen molar-refractivity contribution in [1.29, 1.82) is 5.26 Å². The van der Waals surface area contributed by atoms with Gasteiger partial charge in [0.1, 0.15) is 5.41 Å². The van der Waals surface area contributed by atoms with E-state index in [1.54, 1.807) is 12.4 Å². The molecule has 5 heteroatoms. The van der Waals surface area contributed by atoms with Crippen LogP contribution in [0.1, 0.15) is 38.5 Å². The lowest BCUT2D eigenvalue weighted by Gasteiger charge is -2.22. The molecule has 0 bridgehead atoms. The van der Waals surface area contributed by atoms with Crippen molar-refractivity contribution in [2.24, 2.45) is 5.41 Å². The van der Waals surface area contributed by atoms with Crippen molar-refractivity contribution in [2.75, 3.05) is 5.32 Å². The highest BCUT2D eigenvalue weighted by Crippen LogP contribution is 2.35. The van der Waals surface area contributed by atoms with Crippen LogP contribution in [0.4, 0.5) is 5.69 Å². The third kappa shape index (κ3) is 2.47. The van der Waals surface area contributed by atoms with Crippen LogP contribution < -0.4 is 5.32 Å². The van der Waals surface area contributed by atoms with Crippen molar-refractivity contribution in [3.05, 3.63) is 12.4 Å². The maximum absolute atomic E-state index is 12.2. The van der Waals surface area contributed by atoms with E-state index in [0.717, 1.165) is 25.7 Å². The van der Waals surface area contributed by atoms with E-state index in [2.05, 4.69) is 21.6 Å². The van der Waals surface area contributed by atoms with Gasteiger partial charge in [-0.25, -0.2) is 0 Å². The lowest BCUT2D eigenvalue weighted by Crippen LogP contribution is -2.34. The minimum atomic E-state index is -0.853. The molecule has 0 unspecified atom stereocenters. The number of nitrogens with one attached hydrogen (secondary N) is 2. The van der Waals surface area contributed by atoms with Crippen LogP contribution in [0.3, 0.4) is 0 Å². The standard InChI is InChI=1S/C12H16N4O/c13-9-12(5-3-1-2-4-6-12)11(17)16-10-7-14-15-8-10/h7-8H,1-6H2,(H,14,15)(H,16,17). The van der Waals surface area contributed by atoms with Gasteiger partial charge in [-0.3, -0.25) is 9.89 Å². The molecule has 1 aromatic rings. The van der Waals surface area contributed by atoms with Crippen molar-refractivity contribution in [3.8, 4) is 6.07 Å². The van der Waals surface area contributed by atoms with Gasteiger partial charge in [-0.15, -0.1) is 0 Å². The SMILES string of the molecule is N#CC1(C(=O)Nc2cn[nH]c2)CCCCCC1. The minimum absolute atomic E-state index is 0.191. The van der Waals surface area contributed by atoms with Crippen LogP contribution in [0.2, 0.25) is 0 Å². The van der Waals surface area contributed by atoms with Gasteiger partial charge in [0, 0.05) is 6.20 Å². The van der Waals surface area contributed by atoms with Crippen LogP contribution in [-0.4, -0.2) is 16.1 Å². The molecular formula is C12H16N4O. The Morgan fingerprint density at radius 2 is 2.12 bits per heavy atom. The second-order valence-electron chi connectivity index (χ2n) is 4.55. The Labute approximate surface area is 100 Å². The van der Waals surface area contributed by atoms with E-state index in [4.69, 9.17) is 0 Å². The van der Waals surface area contributed by atoms with Crippen LogP contribution in [-0.2, 0) is 4.79 Å². The molecule has 0 radical (unpaired) electrons. The zero-order valence-corrected chi connectivity index (χ0v) is 9.70. The molecule has 17 heavy (non-hydrogen) atoms. The summed E-state index contributed by atoms with van der Waals surface area (Å²) in [7, 11) is 0. The predicted octanol–water partition coefficient (Wildman–Crippen LogP) is 2.21. The molecule has 1 heterocycles. The summed E-state index contributed by atoms with van der Waals surface area (Å²) in [6.45, 7) is 0. The molecule has 0 saturated heterocycles.